The summed E-state index contributed by atoms with van der Waals surface area (Å²) < 4.78 is 57.9. The smallest absolute Gasteiger partial charge is 0.394 e. The summed E-state index contributed by atoms with van der Waals surface area (Å²) in [5.41, 5.74) is -1.59. The van der Waals surface area contributed by atoms with Crippen LogP contribution in [0.3, 0.4) is 0 Å². The number of ether oxygens (including phenoxy) is 1. The van der Waals surface area contributed by atoms with E-state index < -0.39 is 23.3 Å². The maximum absolute atomic E-state index is 13.2. The summed E-state index contributed by atoms with van der Waals surface area (Å²) in [6.45, 7) is -0.118. The van der Waals surface area contributed by atoms with Gasteiger partial charge in [-0.05, 0) is 31.4 Å². The Kier molecular flexibility index (Phi) is 3.22. The molecule has 0 amide bonds. The molecule has 1 aliphatic carbocycles. The number of carbonyl (C=O) groups excluding carboxylic acids is 1. The fourth-order valence-corrected chi connectivity index (χ4v) is 3.14. The Balaban J connectivity index is 1.82. The van der Waals surface area contributed by atoms with Gasteiger partial charge in [0, 0.05) is 6.07 Å². The summed E-state index contributed by atoms with van der Waals surface area (Å²) in [6, 6.07) is 3.48. The Morgan fingerprint density at radius 3 is 2.57 bits per heavy atom. The zero-order chi connectivity index (χ0) is 15.3. The number of hydrogen-bond donors (Lipinski definition) is 0. The van der Waals surface area contributed by atoms with Gasteiger partial charge in [0.1, 0.15) is 11.6 Å². The molecule has 3 rings (SSSR count). The molecule has 2 aliphatic rings. The number of alkyl halides is 3. The first kappa shape index (κ1) is 14.4. The van der Waals surface area contributed by atoms with E-state index in [9.17, 15) is 22.4 Å². The van der Waals surface area contributed by atoms with Crippen molar-refractivity contribution < 1.29 is 27.1 Å². The van der Waals surface area contributed by atoms with Crippen molar-refractivity contribution in [2.75, 3.05) is 6.61 Å². The number of fused-ring (bicyclic) bond motifs is 1. The quantitative estimate of drug-likeness (QED) is 0.768. The van der Waals surface area contributed by atoms with Crippen molar-refractivity contribution in [2.24, 2.45) is 11.3 Å². The molecule has 1 atom stereocenters. The van der Waals surface area contributed by atoms with Crippen molar-refractivity contribution in [3.63, 3.8) is 0 Å². The molecule has 0 unspecified atom stereocenters. The van der Waals surface area contributed by atoms with Gasteiger partial charge in [0.2, 0.25) is 0 Å². The molecule has 0 spiro atoms. The van der Waals surface area contributed by atoms with E-state index in [1.807, 2.05) is 0 Å². The highest BCUT2D eigenvalue weighted by molar-refractivity contribution is 6.01. The van der Waals surface area contributed by atoms with Gasteiger partial charge in [-0.15, -0.1) is 0 Å². The normalized spacial score (nSPS) is 24.0. The van der Waals surface area contributed by atoms with Gasteiger partial charge in [0.05, 0.1) is 23.5 Å². The first-order valence-electron chi connectivity index (χ1n) is 6.86. The number of carbonyl (C=O) groups is 1. The van der Waals surface area contributed by atoms with E-state index in [1.54, 1.807) is 0 Å². The summed E-state index contributed by atoms with van der Waals surface area (Å²) in [7, 11) is 0. The highest BCUT2D eigenvalue weighted by Gasteiger charge is 2.59. The van der Waals surface area contributed by atoms with Crippen LogP contribution in [0, 0.1) is 17.2 Å². The lowest BCUT2D eigenvalue weighted by atomic mass is 9.63. The highest BCUT2D eigenvalue weighted by Crippen LogP contribution is 2.57. The van der Waals surface area contributed by atoms with Crippen LogP contribution in [0.15, 0.2) is 18.2 Å². The maximum Gasteiger partial charge on any atom is 0.394 e. The average molecular weight is 302 g/mol. The van der Waals surface area contributed by atoms with Crippen LogP contribution in [-0.4, -0.2) is 18.6 Å². The van der Waals surface area contributed by atoms with E-state index in [0.717, 1.165) is 12.1 Å². The van der Waals surface area contributed by atoms with Gasteiger partial charge in [-0.25, -0.2) is 4.39 Å². The monoisotopic (exact) mass is 302 g/mol. The minimum Gasteiger partial charge on any atom is -0.492 e. The first-order chi connectivity index (χ1) is 9.82. The summed E-state index contributed by atoms with van der Waals surface area (Å²) in [6.07, 6.45) is -3.88. The fourth-order valence-electron chi connectivity index (χ4n) is 3.14. The van der Waals surface area contributed by atoms with Crippen LogP contribution in [0.5, 0.6) is 5.75 Å². The minimum atomic E-state index is -4.30. The minimum absolute atomic E-state index is 0.0660. The third kappa shape index (κ3) is 2.30. The van der Waals surface area contributed by atoms with Crippen molar-refractivity contribution in [2.45, 2.75) is 31.9 Å². The summed E-state index contributed by atoms with van der Waals surface area (Å²) in [5.74, 6) is -1.62. The predicted molar refractivity (Wildman–Crippen MR) is 66.7 cm³/mol. The molecule has 114 valence electrons. The van der Waals surface area contributed by atoms with Gasteiger partial charge < -0.3 is 4.74 Å². The number of halogens is 4. The SMILES string of the molecule is O=C1c2ccc(F)cc2OC[C@@H]1CC1(C(F)(F)F)CCC1. The second kappa shape index (κ2) is 4.71. The van der Waals surface area contributed by atoms with Crippen molar-refractivity contribution >= 4 is 5.78 Å². The fraction of sp³-hybridized carbons (Fsp3) is 0.533. The standard InChI is InChI=1S/C15H14F4O2/c16-10-2-3-11-12(6-10)21-8-9(13(11)20)7-14(4-1-5-14)15(17,18)19/h2-3,6,9H,1,4-5,7-8H2/t9-/m0/s1. The topological polar surface area (TPSA) is 26.3 Å². The summed E-state index contributed by atoms with van der Waals surface area (Å²) >= 11 is 0. The van der Waals surface area contributed by atoms with Gasteiger partial charge in [-0.1, -0.05) is 6.42 Å². The molecule has 1 aromatic carbocycles. The van der Waals surface area contributed by atoms with E-state index in [1.165, 1.54) is 6.07 Å². The second-order valence-electron chi connectivity index (χ2n) is 5.85. The van der Waals surface area contributed by atoms with Gasteiger partial charge in [0.15, 0.2) is 5.78 Å². The number of hydrogen-bond acceptors (Lipinski definition) is 2. The Morgan fingerprint density at radius 1 is 1.29 bits per heavy atom. The number of Topliss-reactive ketones (excluding diaryl/α,β-unsaturated/α-hetero) is 1. The average Bonchev–Trinajstić information content (AvgIpc) is 2.34. The van der Waals surface area contributed by atoms with E-state index >= 15 is 0 Å². The Morgan fingerprint density at radius 2 is 2.00 bits per heavy atom. The van der Waals surface area contributed by atoms with Crippen LogP contribution < -0.4 is 4.74 Å². The molecular formula is C15H14F4O2. The molecule has 2 nitrogen and oxygen atoms in total. The van der Waals surface area contributed by atoms with Crippen LogP contribution in [0.2, 0.25) is 0 Å². The Hall–Kier alpha value is -1.59. The molecule has 1 aliphatic heterocycles. The molecule has 0 aromatic heterocycles. The lowest BCUT2D eigenvalue weighted by Gasteiger charge is -2.45. The van der Waals surface area contributed by atoms with Crippen molar-refractivity contribution in [3.05, 3.63) is 29.6 Å². The van der Waals surface area contributed by atoms with Gasteiger partial charge >= 0.3 is 6.18 Å². The van der Waals surface area contributed by atoms with Crippen LogP contribution in [0.1, 0.15) is 36.0 Å². The number of ketones is 1. The predicted octanol–water partition coefficient (Wildman–Crippen LogP) is 4.14. The van der Waals surface area contributed by atoms with Crippen molar-refractivity contribution in [3.8, 4) is 5.75 Å². The third-order valence-corrected chi connectivity index (χ3v) is 4.57. The number of rotatable bonds is 2. The molecule has 0 bridgehead atoms. The molecule has 0 N–H and O–H groups in total. The van der Waals surface area contributed by atoms with Crippen molar-refractivity contribution in [1.82, 2.24) is 0 Å². The molecule has 1 fully saturated rings. The van der Waals surface area contributed by atoms with E-state index in [-0.39, 0.29) is 43.0 Å². The lowest BCUT2D eigenvalue weighted by molar-refractivity contribution is -0.256. The third-order valence-electron chi connectivity index (χ3n) is 4.57. The molecule has 1 aromatic rings. The van der Waals surface area contributed by atoms with Crippen LogP contribution in [0.25, 0.3) is 0 Å². The molecule has 0 radical (unpaired) electrons. The molecule has 1 heterocycles. The summed E-state index contributed by atoms with van der Waals surface area (Å²) in [5, 5.41) is 0. The van der Waals surface area contributed by atoms with Crippen LogP contribution in [-0.2, 0) is 0 Å². The molecular weight excluding hydrogens is 288 g/mol. The van der Waals surface area contributed by atoms with E-state index in [0.29, 0.717) is 6.42 Å². The van der Waals surface area contributed by atoms with E-state index in [2.05, 4.69) is 0 Å². The molecule has 21 heavy (non-hydrogen) atoms. The zero-order valence-electron chi connectivity index (χ0n) is 11.2. The molecule has 6 heteroatoms. The largest absolute Gasteiger partial charge is 0.492 e. The summed E-state index contributed by atoms with van der Waals surface area (Å²) in [4.78, 5) is 12.3. The van der Waals surface area contributed by atoms with E-state index in [4.69, 9.17) is 4.74 Å². The molecule has 1 saturated carbocycles. The van der Waals surface area contributed by atoms with Crippen LogP contribution in [0.4, 0.5) is 17.6 Å². The Labute approximate surface area is 119 Å². The van der Waals surface area contributed by atoms with Gasteiger partial charge in [-0.3, -0.25) is 4.79 Å². The van der Waals surface area contributed by atoms with Gasteiger partial charge in [-0.2, -0.15) is 13.2 Å². The highest BCUT2D eigenvalue weighted by atomic mass is 19.4. The Bertz CT molecular complexity index is 576. The second-order valence-corrected chi connectivity index (χ2v) is 5.85. The van der Waals surface area contributed by atoms with Crippen LogP contribution >= 0.6 is 0 Å². The molecule has 0 saturated heterocycles. The first-order valence-corrected chi connectivity index (χ1v) is 6.86. The van der Waals surface area contributed by atoms with Gasteiger partial charge in [0.25, 0.3) is 0 Å². The lowest BCUT2D eigenvalue weighted by Crippen LogP contribution is -2.47. The van der Waals surface area contributed by atoms with Crippen molar-refractivity contribution in [1.29, 1.82) is 0 Å². The number of benzene rings is 1. The zero-order valence-corrected chi connectivity index (χ0v) is 11.2. The maximum atomic E-state index is 13.2.